The first-order valence-corrected chi connectivity index (χ1v) is 5.54. The van der Waals surface area contributed by atoms with Gasteiger partial charge in [0.1, 0.15) is 6.29 Å². The molecule has 94 valence electrons. The summed E-state index contributed by atoms with van der Waals surface area (Å²) in [6, 6.07) is 3.26. The van der Waals surface area contributed by atoms with Gasteiger partial charge in [-0.1, -0.05) is 6.92 Å². The Hall–Kier alpha value is -1.71. The van der Waals surface area contributed by atoms with E-state index in [-0.39, 0.29) is 6.10 Å². The summed E-state index contributed by atoms with van der Waals surface area (Å²) >= 11 is 0. The van der Waals surface area contributed by atoms with E-state index in [1.165, 1.54) is 14.2 Å². The van der Waals surface area contributed by atoms with Crippen LogP contribution in [0.1, 0.15) is 30.6 Å². The van der Waals surface area contributed by atoms with Gasteiger partial charge in [0.2, 0.25) is 5.75 Å². The molecule has 0 aromatic heterocycles. The molecule has 0 N–H and O–H groups in total. The maximum absolute atomic E-state index is 10.8. The van der Waals surface area contributed by atoms with Crippen molar-refractivity contribution < 1.29 is 19.0 Å². The number of carbonyl (C=O) groups excluding carboxylic acids is 1. The van der Waals surface area contributed by atoms with Crippen LogP contribution < -0.4 is 14.2 Å². The maximum atomic E-state index is 10.8. The van der Waals surface area contributed by atoms with Crippen LogP contribution in [-0.2, 0) is 0 Å². The number of hydrogen-bond acceptors (Lipinski definition) is 4. The van der Waals surface area contributed by atoms with E-state index < -0.39 is 0 Å². The molecule has 4 heteroatoms. The molecule has 1 unspecified atom stereocenters. The number of aldehydes is 1. The molecule has 0 aliphatic rings. The largest absolute Gasteiger partial charge is 0.493 e. The Morgan fingerprint density at radius 1 is 1.24 bits per heavy atom. The summed E-state index contributed by atoms with van der Waals surface area (Å²) in [5.41, 5.74) is 0.496. The van der Waals surface area contributed by atoms with Crippen molar-refractivity contribution in [1.29, 1.82) is 0 Å². The van der Waals surface area contributed by atoms with E-state index in [4.69, 9.17) is 14.2 Å². The summed E-state index contributed by atoms with van der Waals surface area (Å²) < 4.78 is 16.2. The van der Waals surface area contributed by atoms with Gasteiger partial charge in [-0.05, 0) is 25.5 Å². The van der Waals surface area contributed by atoms with E-state index in [0.29, 0.717) is 22.8 Å². The molecule has 1 aromatic carbocycles. The number of methoxy groups -OCH3 is 2. The lowest BCUT2D eigenvalue weighted by molar-refractivity contribution is 0.112. The van der Waals surface area contributed by atoms with E-state index in [1.807, 2.05) is 13.8 Å². The van der Waals surface area contributed by atoms with Crippen LogP contribution in [0.15, 0.2) is 12.1 Å². The Balaban J connectivity index is 3.19. The highest BCUT2D eigenvalue weighted by atomic mass is 16.5. The minimum atomic E-state index is 0.0554. The van der Waals surface area contributed by atoms with Gasteiger partial charge in [-0.25, -0.2) is 0 Å². The maximum Gasteiger partial charge on any atom is 0.203 e. The number of hydrogen-bond donors (Lipinski definition) is 0. The molecule has 1 aromatic rings. The average molecular weight is 238 g/mol. The molecule has 0 bridgehead atoms. The summed E-state index contributed by atoms with van der Waals surface area (Å²) in [7, 11) is 3.07. The van der Waals surface area contributed by atoms with Crippen LogP contribution in [0.3, 0.4) is 0 Å². The van der Waals surface area contributed by atoms with Gasteiger partial charge < -0.3 is 14.2 Å². The van der Waals surface area contributed by atoms with Crippen LogP contribution in [0, 0.1) is 0 Å². The first-order chi connectivity index (χ1) is 8.15. The Morgan fingerprint density at radius 2 is 1.76 bits per heavy atom. The van der Waals surface area contributed by atoms with Crippen molar-refractivity contribution >= 4 is 6.29 Å². The highest BCUT2D eigenvalue weighted by Gasteiger charge is 2.15. The third-order valence-electron chi connectivity index (χ3n) is 2.51. The third-order valence-corrected chi connectivity index (χ3v) is 2.51. The zero-order chi connectivity index (χ0) is 12.8. The zero-order valence-corrected chi connectivity index (χ0v) is 10.6. The molecule has 0 saturated carbocycles. The quantitative estimate of drug-likeness (QED) is 0.715. The van der Waals surface area contributed by atoms with Gasteiger partial charge in [0.25, 0.3) is 0 Å². The normalized spacial score (nSPS) is 11.8. The van der Waals surface area contributed by atoms with E-state index in [0.717, 1.165) is 12.7 Å². The first kappa shape index (κ1) is 13.4. The number of benzene rings is 1. The zero-order valence-electron chi connectivity index (χ0n) is 10.6. The summed E-state index contributed by atoms with van der Waals surface area (Å²) in [5.74, 6) is 1.55. The van der Waals surface area contributed by atoms with Gasteiger partial charge in [0.05, 0.1) is 20.3 Å². The van der Waals surface area contributed by atoms with Crippen LogP contribution in [0.2, 0.25) is 0 Å². The lowest BCUT2D eigenvalue weighted by Crippen LogP contribution is -2.11. The second-order valence-electron chi connectivity index (χ2n) is 3.71. The van der Waals surface area contributed by atoms with E-state index in [9.17, 15) is 4.79 Å². The van der Waals surface area contributed by atoms with Gasteiger partial charge in [-0.2, -0.15) is 0 Å². The van der Waals surface area contributed by atoms with Crippen LogP contribution in [0.4, 0.5) is 0 Å². The van der Waals surface area contributed by atoms with Crippen LogP contribution >= 0.6 is 0 Å². The average Bonchev–Trinajstić information content (AvgIpc) is 2.38. The summed E-state index contributed by atoms with van der Waals surface area (Å²) in [6.45, 7) is 4.00. The highest BCUT2D eigenvalue weighted by Crippen LogP contribution is 2.39. The Morgan fingerprint density at radius 3 is 2.12 bits per heavy atom. The minimum Gasteiger partial charge on any atom is -0.493 e. The molecule has 4 nitrogen and oxygen atoms in total. The fourth-order valence-corrected chi connectivity index (χ4v) is 1.37. The number of carbonyl (C=O) groups is 1. The van der Waals surface area contributed by atoms with Crippen LogP contribution in [-0.4, -0.2) is 26.6 Å². The molecule has 0 fully saturated rings. The van der Waals surface area contributed by atoms with Crippen molar-refractivity contribution in [1.82, 2.24) is 0 Å². The molecular formula is C13H18O4. The van der Waals surface area contributed by atoms with Gasteiger partial charge in [0, 0.05) is 5.56 Å². The Labute approximate surface area is 101 Å². The molecular weight excluding hydrogens is 220 g/mol. The molecule has 0 radical (unpaired) electrons. The standard InChI is InChI=1S/C13H18O4/c1-5-9(2)17-13-11(15-3)6-10(8-14)7-12(13)16-4/h6-9H,5H2,1-4H3. The van der Waals surface area contributed by atoms with Crippen molar-refractivity contribution in [3.05, 3.63) is 17.7 Å². The summed E-state index contributed by atoms with van der Waals surface area (Å²) in [6.07, 6.45) is 1.68. The molecule has 0 heterocycles. The third kappa shape index (κ3) is 3.12. The molecule has 0 spiro atoms. The molecule has 1 rings (SSSR count). The van der Waals surface area contributed by atoms with Crippen molar-refractivity contribution in [3.63, 3.8) is 0 Å². The smallest absolute Gasteiger partial charge is 0.203 e. The molecule has 0 aliphatic heterocycles. The summed E-state index contributed by atoms with van der Waals surface area (Å²) in [5, 5.41) is 0. The second kappa shape index (κ2) is 6.13. The number of ether oxygens (including phenoxy) is 3. The monoisotopic (exact) mass is 238 g/mol. The van der Waals surface area contributed by atoms with Crippen molar-refractivity contribution in [2.75, 3.05) is 14.2 Å². The van der Waals surface area contributed by atoms with Crippen molar-refractivity contribution in [2.24, 2.45) is 0 Å². The predicted molar refractivity (Wildman–Crippen MR) is 65.3 cm³/mol. The SMILES string of the molecule is CCC(C)Oc1c(OC)cc(C=O)cc1OC. The highest BCUT2D eigenvalue weighted by molar-refractivity contribution is 5.78. The van der Waals surface area contributed by atoms with Gasteiger partial charge in [-0.3, -0.25) is 4.79 Å². The first-order valence-electron chi connectivity index (χ1n) is 5.54. The van der Waals surface area contributed by atoms with Gasteiger partial charge >= 0.3 is 0 Å². The van der Waals surface area contributed by atoms with E-state index >= 15 is 0 Å². The predicted octanol–water partition coefficient (Wildman–Crippen LogP) is 2.69. The molecule has 0 amide bonds. The molecule has 17 heavy (non-hydrogen) atoms. The van der Waals surface area contributed by atoms with Crippen LogP contribution in [0.5, 0.6) is 17.2 Å². The van der Waals surface area contributed by atoms with E-state index in [2.05, 4.69) is 0 Å². The Bertz CT molecular complexity index is 362. The topological polar surface area (TPSA) is 44.8 Å². The van der Waals surface area contributed by atoms with Crippen LogP contribution in [0.25, 0.3) is 0 Å². The lowest BCUT2D eigenvalue weighted by atomic mass is 10.2. The van der Waals surface area contributed by atoms with Crippen molar-refractivity contribution in [2.45, 2.75) is 26.4 Å². The molecule has 0 saturated heterocycles. The van der Waals surface area contributed by atoms with E-state index in [1.54, 1.807) is 12.1 Å². The van der Waals surface area contributed by atoms with Gasteiger partial charge in [-0.15, -0.1) is 0 Å². The minimum absolute atomic E-state index is 0.0554. The molecule has 1 atom stereocenters. The fraction of sp³-hybridized carbons (Fsp3) is 0.462. The second-order valence-corrected chi connectivity index (χ2v) is 3.71. The fourth-order valence-electron chi connectivity index (χ4n) is 1.37. The Kier molecular flexibility index (Phi) is 4.82. The molecule has 0 aliphatic carbocycles. The number of rotatable bonds is 6. The lowest BCUT2D eigenvalue weighted by Gasteiger charge is -2.18. The summed E-state index contributed by atoms with van der Waals surface area (Å²) in [4.78, 5) is 10.8. The van der Waals surface area contributed by atoms with Gasteiger partial charge in [0.15, 0.2) is 11.5 Å². The van der Waals surface area contributed by atoms with Crippen molar-refractivity contribution in [3.8, 4) is 17.2 Å².